The number of hydrogen-bond donors (Lipinski definition) is 1. The van der Waals surface area contributed by atoms with Gasteiger partial charge in [0.2, 0.25) is 17.2 Å². The van der Waals surface area contributed by atoms with Crippen molar-refractivity contribution in [1.82, 2.24) is 15.0 Å². The first kappa shape index (κ1) is 46.2. The average Bonchev–Trinajstić information content (AvgIpc) is 3.27. The van der Waals surface area contributed by atoms with Gasteiger partial charge in [0.1, 0.15) is 36.0 Å². The Morgan fingerprint density at radius 2 is 1.51 bits per heavy atom. The van der Waals surface area contributed by atoms with Gasteiger partial charge in [0.05, 0.1) is 50.0 Å². The van der Waals surface area contributed by atoms with E-state index in [9.17, 15) is 43.7 Å². The Balaban J connectivity index is 0.00000300. The molecule has 1 fully saturated rings. The van der Waals surface area contributed by atoms with Gasteiger partial charge in [-0.2, -0.15) is 35.3 Å². The first-order valence-electron chi connectivity index (χ1n) is 13.0. The van der Waals surface area contributed by atoms with Crippen LogP contribution >= 0.6 is 23.2 Å². The number of morpholine rings is 1. The third kappa shape index (κ3) is 11.1. The van der Waals surface area contributed by atoms with Gasteiger partial charge in [-0.15, -0.1) is 0 Å². The molecule has 0 aliphatic carbocycles. The molecule has 3 aromatic rings. The van der Waals surface area contributed by atoms with Crippen LogP contribution in [0.3, 0.4) is 0 Å². The van der Waals surface area contributed by atoms with Crippen LogP contribution in [-0.2, 0) is 39.9 Å². The zero-order valence-electron chi connectivity index (χ0n) is 26.8. The van der Waals surface area contributed by atoms with Crippen molar-refractivity contribution >= 4 is 94.1 Å². The molecule has 20 nitrogen and oxygen atoms in total. The van der Waals surface area contributed by atoms with Crippen LogP contribution < -0.4 is 104 Å². The molecule has 1 aromatic heterocycles. The fourth-order valence-electron chi connectivity index (χ4n) is 4.34. The number of halogens is 2. The van der Waals surface area contributed by atoms with E-state index in [1.165, 1.54) is 6.92 Å². The zero-order chi connectivity index (χ0) is 35.2. The number of carbonyl (C=O) groups excluding carboxylic acids is 1. The molecule has 1 N–H and O–H groups in total. The maximum Gasteiger partial charge on any atom is 1.00 e. The average molecular weight is 833 g/mol. The van der Waals surface area contributed by atoms with E-state index in [-0.39, 0.29) is 116 Å². The molecule has 256 valence electrons. The molecule has 0 bridgehead atoms. The standard InChI is InChI=1S/C23H21Cl2N9O11S3.3Na/c1-11-19(20(35)34(32-11)16-8-12(46(36,37)38)2-3-13(16)24)31-30-15-10-17(47(39,40)41)14(9-18(15)48(42,43)44)26-22-27-21(25)28-23(29-22)33-4-6-45-7-5-33;;;/h2-3,8-10,19H,4-7H2,1H3,(H,36,37,38)(H,39,40,41)(H,42,43,44)(H,26,27,28,29);;;/q;3*+1/p-3. The molecule has 2 aromatic carbocycles. The molecule has 1 atom stereocenters. The van der Waals surface area contributed by atoms with E-state index in [0.29, 0.717) is 43.4 Å². The second kappa shape index (κ2) is 18.1. The van der Waals surface area contributed by atoms with E-state index in [0.717, 1.165) is 18.2 Å². The number of rotatable bonds is 9. The number of hydrazone groups is 1. The summed E-state index contributed by atoms with van der Waals surface area (Å²) < 4.78 is 113. The fourth-order valence-corrected chi connectivity index (χ4v) is 6.44. The number of amides is 1. The van der Waals surface area contributed by atoms with Gasteiger partial charge < -0.3 is 28.6 Å². The molecule has 2 aliphatic rings. The minimum absolute atomic E-state index is 0. The zero-order valence-corrected chi connectivity index (χ0v) is 36.8. The molecule has 1 saturated heterocycles. The van der Waals surface area contributed by atoms with Crippen LogP contribution in [0.5, 0.6) is 0 Å². The summed E-state index contributed by atoms with van der Waals surface area (Å²) in [4.78, 5) is 23.8. The maximum atomic E-state index is 13.2. The van der Waals surface area contributed by atoms with Gasteiger partial charge in [0.25, 0.3) is 5.91 Å². The van der Waals surface area contributed by atoms with Crippen LogP contribution in [0.15, 0.2) is 60.3 Å². The Kier molecular flexibility index (Phi) is 16.4. The molecule has 2 aliphatic heterocycles. The summed E-state index contributed by atoms with van der Waals surface area (Å²) in [6.45, 7) is 2.69. The van der Waals surface area contributed by atoms with Crippen molar-refractivity contribution < 1.29 is 137 Å². The molecule has 0 radical (unpaired) electrons. The fraction of sp³-hybridized carbons (Fsp3) is 0.261. The maximum absolute atomic E-state index is 13.2. The quantitative estimate of drug-likeness (QED) is 0.119. The van der Waals surface area contributed by atoms with Crippen LogP contribution in [0.1, 0.15) is 6.92 Å². The van der Waals surface area contributed by atoms with Gasteiger partial charge in [0.15, 0.2) is 6.04 Å². The van der Waals surface area contributed by atoms with Crippen molar-refractivity contribution in [1.29, 1.82) is 0 Å². The molecule has 0 saturated carbocycles. The van der Waals surface area contributed by atoms with E-state index in [1.807, 2.05) is 0 Å². The van der Waals surface area contributed by atoms with Crippen LogP contribution in [0, 0.1) is 0 Å². The van der Waals surface area contributed by atoms with Crippen molar-refractivity contribution in [2.75, 3.05) is 41.5 Å². The van der Waals surface area contributed by atoms with Crippen LogP contribution in [0.2, 0.25) is 10.3 Å². The third-order valence-corrected chi connectivity index (χ3v) is 9.61. The number of nitrogens with zero attached hydrogens (tertiary/aromatic N) is 8. The van der Waals surface area contributed by atoms with Gasteiger partial charge in [-0.05, 0) is 48.9 Å². The molecule has 3 heterocycles. The van der Waals surface area contributed by atoms with E-state index < -0.39 is 74.3 Å². The summed E-state index contributed by atoms with van der Waals surface area (Å²) in [6.07, 6.45) is 0. The van der Waals surface area contributed by atoms with Crippen LogP contribution in [-0.4, -0.2) is 97.8 Å². The van der Waals surface area contributed by atoms with Gasteiger partial charge >= 0.3 is 88.7 Å². The van der Waals surface area contributed by atoms with Crippen molar-refractivity contribution in [2.24, 2.45) is 15.3 Å². The largest absolute Gasteiger partial charge is 1.00 e. The predicted molar refractivity (Wildman–Crippen MR) is 162 cm³/mol. The Hall–Kier alpha value is -0.940. The summed E-state index contributed by atoms with van der Waals surface area (Å²) in [5.41, 5.74) is -2.09. The predicted octanol–water partition coefficient (Wildman–Crippen LogP) is -7.64. The number of nitrogens with one attached hydrogen (secondary N) is 1. The third-order valence-electron chi connectivity index (χ3n) is 6.55. The first-order valence-corrected chi connectivity index (χ1v) is 18.0. The first-order chi connectivity index (χ1) is 22.3. The minimum atomic E-state index is -5.47. The summed E-state index contributed by atoms with van der Waals surface area (Å²) >= 11 is 12.1. The van der Waals surface area contributed by atoms with Gasteiger partial charge in [0, 0.05) is 13.1 Å². The number of benzene rings is 2. The van der Waals surface area contributed by atoms with E-state index in [2.05, 4.69) is 35.6 Å². The minimum Gasteiger partial charge on any atom is -0.744 e. The summed E-state index contributed by atoms with van der Waals surface area (Å²) in [5.74, 6) is -1.38. The molecule has 28 heteroatoms. The molecular weight excluding hydrogens is 814 g/mol. The Morgan fingerprint density at radius 1 is 0.882 bits per heavy atom. The summed E-state index contributed by atoms with van der Waals surface area (Å²) in [7, 11) is -15.9. The Bertz CT molecular complexity index is 2230. The monoisotopic (exact) mass is 831 g/mol. The van der Waals surface area contributed by atoms with Crippen molar-refractivity contribution in [3.63, 3.8) is 0 Å². The molecule has 5 rings (SSSR count). The second-order valence-corrected chi connectivity index (χ2v) is 14.6. The smallest absolute Gasteiger partial charge is 0.744 e. The summed E-state index contributed by atoms with van der Waals surface area (Å²) in [6, 6.07) is 2.04. The number of hydrogen-bond acceptors (Lipinski definition) is 19. The molecule has 1 amide bonds. The second-order valence-electron chi connectivity index (χ2n) is 9.75. The van der Waals surface area contributed by atoms with Gasteiger partial charge in [-0.25, -0.2) is 25.3 Å². The normalized spacial score (nSPS) is 16.6. The SMILES string of the molecule is CC1=NN(c2cc(S(=O)(=O)[O-])ccc2Cl)C(=O)C1N=Nc1cc(S(=O)(=O)[O-])c(Nc2nc(Cl)nc(N3CCOCC3)n2)cc1S(=O)(=O)[O-].[Na+].[Na+].[Na+]. The van der Waals surface area contributed by atoms with Crippen molar-refractivity contribution in [3.8, 4) is 0 Å². The van der Waals surface area contributed by atoms with Gasteiger partial charge in [-0.1, -0.05) is 11.6 Å². The molecule has 51 heavy (non-hydrogen) atoms. The van der Waals surface area contributed by atoms with Crippen molar-refractivity contribution in [2.45, 2.75) is 27.7 Å². The molecular formula is C23H18Cl2N9Na3O11S3. The topological polar surface area (TPSA) is 292 Å². The van der Waals surface area contributed by atoms with E-state index in [4.69, 9.17) is 27.9 Å². The Morgan fingerprint density at radius 3 is 2.10 bits per heavy atom. The van der Waals surface area contributed by atoms with Crippen LogP contribution in [0.25, 0.3) is 0 Å². The summed E-state index contributed by atoms with van der Waals surface area (Å²) in [5, 5.41) is 13.7. The Labute approximate surface area is 367 Å². The van der Waals surface area contributed by atoms with E-state index >= 15 is 0 Å². The number of ether oxygens (including phenoxy) is 1. The number of aromatic nitrogens is 3. The van der Waals surface area contributed by atoms with Crippen molar-refractivity contribution in [3.05, 3.63) is 40.6 Å². The van der Waals surface area contributed by atoms with Gasteiger partial charge in [-0.3, -0.25) is 4.79 Å². The number of carbonyl (C=O) groups is 1. The number of azo groups is 1. The molecule has 0 spiro atoms. The van der Waals surface area contributed by atoms with E-state index in [1.54, 1.807) is 4.90 Å². The van der Waals surface area contributed by atoms with Crippen LogP contribution in [0.4, 0.5) is 29.0 Å². The number of anilines is 4. The molecule has 1 unspecified atom stereocenters.